The summed E-state index contributed by atoms with van der Waals surface area (Å²) in [4.78, 5) is 0. The van der Waals surface area contributed by atoms with Crippen molar-refractivity contribution in [3.63, 3.8) is 0 Å². The van der Waals surface area contributed by atoms with Gasteiger partial charge in [-0.15, -0.1) is 0 Å². The van der Waals surface area contributed by atoms with Crippen LogP contribution in [-0.4, -0.2) is 4.57 Å². The van der Waals surface area contributed by atoms with Crippen molar-refractivity contribution in [2.24, 2.45) is 5.73 Å². The summed E-state index contributed by atoms with van der Waals surface area (Å²) in [7, 11) is 0. The lowest BCUT2D eigenvalue weighted by Crippen LogP contribution is -2.04. The van der Waals surface area contributed by atoms with Crippen LogP contribution in [0.25, 0.3) is 0 Å². The first kappa shape index (κ1) is 11.9. The van der Waals surface area contributed by atoms with E-state index in [9.17, 15) is 0 Å². The van der Waals surface area contributed by atoms with Crippen molar-refractivity contribution in [1.29, 1.82) is 0 Å². The van der Waals surface area contributed by atoms with Crippen LogP contribution in [0.1, 0.15) is 35.2 Å². The van der Waals surface area contributed by atoms with Gasteiger partial charge in [0.05, 0.1) is 0 Å². The predicted octanol–water partition coefficient (Wildman–Crippen LogP) is 3.17. The van der Waals surface area contributed by atoms with E-state index in [0.717, 1.165) is 6.54 Å². The molecule has 2 nitrogen and oxygen atoms in total. The zero-order valence-corrected chi connectivity index (χ0v) is 10.8. The van der Waals surface area contributed by atoms with Crippen LogP contribution in [0.5, 0.6) is 0 Å². The molecule has 2 rings (SSSR count). The topological polar surface area (TPSA) is 30.9 Å². The van der Waals surface area contributed by atoms with Crippen LogP contribution in [0, 0.1) is 13.8 Å². The summed E-state index contributed by atoms with van der Waals surface area (Å²) < 4.78 is 2.20. The van der Waals surface area contributed by atoms with E-state index in [2.05, 4.69) is 55.1 Å². The molecule has 1 unspecified atom stereocenters. The van der Waals surface area contributed by atoms with Crippen molar-refractivity contribution in [2.75, 3.05) is 0 Å². The average Bonchev–Trinajstić information content (AvgIpc) is 2.72. The number of hydrogen-bond donors (Lipinski definition) is 1. The Morgan fingerprint density at radius 2 is 1.82 bits per heavy atom. The number of nitrogens with zero attached hydrogens (tertiary/aromatic N) is 1. The van der Waals surface area contributed by atoms with Crippen LogP contribution < -0.4 is 5.73 Å². The van der Waals surface area contributed by atoms with Crippen molar-refractivity contribution >= 4 is 0 Å². The third-order valence-electron chi connectivity index (χ3n) is 3.28. The van der Waals surface area contributed by atoms with Gasteiger partial charge in [0.1, 0.15) is 0 Å². The van der Waals surface area contributed by atoms with Gasteiger partial charge in [-0.3, -0.25) is 0 Å². The maximum atomic E-state index is 5.87. The van der Waals surface area contributed by atoms with Gasteiger partial charge in [-0.25, -0.2) is 0 Å². The highest BCUT2D eigenvalue weighted by molar-refractivity contribution is 5.34. The Bertz CT molecular complexity index is 489. The number of rotatable bonds is 3. The van der Waals surface area contributed by atoms with Crippen LogP contribution in [0.15, 0.2) is 36.7 Å². The second-order valence-corrected chi connectivity index (χ2v) is 4.78. The highest BCUT2D eigenvalue weighted by atomic mass is 14.9. The minimum Gasteiger partial charge on any atom is -0.350 e. The minimum atomic E-state index is 0.106. The fourth-order valence-electron chi connectivity index (χ4n) is 2.11. The number of hydrogen-bond acceptors (Lipinski definition) is 1. The molecule has 0 radical (unpaired) electrons. The van der Waals surface area contributed by atoms with E-state index in [1.807, 2.05) is 6.92 Å². The summed E-state index contributed by atoms with van der Waals surface area (Å²) in [5.74, 6) is 0. The second-order valence-electron chi connectivity index (χ2n) is 4.78. The molecule has 17 heavy (non-hydrogen) atoms. The van der Waals surface area contributed by atoms with Gasteiger partial charge in [0.15, 0.2) is 0 Å². The number of benzene rings is 1. The molecule has 0 spiro atoms. The highest BCUT2D eigenvalue weighted by Crippen LogP contribution is 2.17. The monoisotopic (exact) mass is 228 g/mol. The molecule has 0 amide bonds. The Morgan fingerprint density at radius 1 is 1.18 bits per heavy atom. The van der Waals surface area contributed by atoms with E-state index < -0.39 is 0 Å². The summed E-state index contributed by atoms with van der Waals surface area (Å²) in [6, 6.07) is 8.64. The standard InChI is InChI=1S/C15H20N2/c1-11-5-4-6-12(2)15(11)10-17-8-7-14(9-17)13(3)16/h4-9,13H,10,16H2,1-3H3. The first-order valence-corrected chi connectivity index (χ1v) is 6.04. The molecule has 1 aromatic heterocycles. The van der Waals surface area contributed by atoms with E-state index in [-0.39, 0.29) is 6.04 Å². The Hall–Kier alpha value is -1.54. The Morgan fingerprint density at radius 3 is 2.35 bits per heavy atom. The second kappa shape index (κ2) is 4.76. The van der Waals surface area contributed by atoms with Gasteiger partial charge >= 0.3 is 0 Å². The van der Waals surface area contributed by atoms with Crippen molar-refractivity contribution in [3.05, 3.63) is 58.9 Å². The van der Waals surface area contributed by atoms with Crippen LogP contribution in [0.3, 0.4) is 0 Å². The van der Waals surface area contributed by atoms with Crippen LogP contribution in [-0.2, 0) is 6.54 Å². The summed E-state index contributed by atoms with van der Waals surface area (Å²) in [5.41, 5.74) is 11.2. The molecule has 0 saturated heterocycles. The highest BCUT2D eigenvalue weighted by Gasteiger charge is 2.05. The van der Waals surface area contributed by atoms with E-state index >= 15 is 0 Å². The normalized spacial score (nSPS) is 12.7. The molecule has 0 aliphatic carbocycles. The molecule has 1 heterocycles. The van der Waals surface area contributed by atoms with Crippen LogP contribution >= 0.6 is 0 Å². The van der Waals surface area contributed by atoms with Gasteiger partial charge in [-0.2, -0.15) is 0 Å². The molecule has 0 aliphatic heterocycles. The van der Waals surface area contributed by atoms with E-state index in [1.165, 1.54) is 22.3 Å². The van der Waals surface area contributed by atoms with E-state index in [1.54, 1.807) is 0 Å². The van der Waals surface area contributed by atoms with Crippen molar-refractivity contribution in [2.45, 2.75) is 33.4 Å². The molecule has 1 aromatic carbocycles. The quantitative estimate of drug-likeness (QED) is 0.859. The molecule has 2 aromatic rings. The molecule has 0 bridgehead atoms. The largest absolute Gasteiger partial charge is 0.350 e. The van der Waals surface area contributed by atoms with E-state index in [0.29, 0.717) is 0 Å². The molecular weight excluding hydrogens is 208 g/mol. The van der Waals surface area contributed by atoms with Crippen LogP contribution in [0.2, 0.25) is 0 Å². The van der Waals surface area contributed by atoms with Gasteiger partial charge in [0, 0.05) is 25.0 Å². The van der Waals surface area contributed by atoms with Crippen molar-refractivity contribution in [1.82, 2.24) is 4.57 Å². The first-order valence-electron chi connectivity index (χ1n) is 6.04. The smallest absolute Gasteiger partial charge is 0.0475 e. The third-order valence-corrected chi connectivity index (χ3v) is 3.28. The molecule has 2 heteroatoms. The molecule has 0 saturated carbocycles. The molecule has 90 valence electrons. The fraction of sp³-hybridized carbons (Fsp3) is 0.333. The van der Waals surface area contributed by atoms with Gasteiger partial charge in [-0.05, 0) is 49.1 Å². The van der Waals surface area contributed by atoms with Gasteiger partial charge in [0.2, 0.25) is 0 Å². The average molecular weight is 228 g/mol. The summed E-state index contributed by atoms with van der Waals surface area (Å²) in [5, 5.41) is 0. The molecule has 0 aliphatic rings. The molecule has 0 fully saturated rings. The lowest BCUT2D eigenvalue weighted by molar-refractivity contribution is 0.771. The summed E-state index contributed by atoms with van der Waals surface area (Å²) in [6.07, 6.45) is 4.24. The van der Waals surface area contributed by atoms with Gasteiger partial charge < -0.3 is 10.3 Å². The van der Waals surface area contributed by atoms with Crippen LogP contribution in [0.4, 0.5) is 0 Å². The zero-order valence-electron chi connectivity index (χ0n) is 10.8. The van der Waals surface area contributed by atoms with Gasteiger partial charge in [-0.1, -0.05) is 18.2 Å². The van der Waals surface area contributed by atoms with E-state index in [4.69, 9.17) is 5.73 Å². The SMILES string of the molecule is Cc1cccc(C)c1Cn1ccc(C(C)N)c1. The first-order chi connectivity index (χ1) is 8.08. The maximum Gasteiger partial charge on any atom is 0.0475 e. The van der Waals surface area contributed by atoms with Crippen molar-refractivity contribution in [3.8, 4) is 0 Å². The van der Waals surface area contributed by atoms with Gasteiger partial charge in [0.25, 0.3) is 0 Å². The summed E-state index contributed by atoms with van der Waals surface area (Å²) in [6.45, 7) is 7.26. The minimum absolute atomic E-state index is 0.106. The number of aryl methyl sites for hydroxylation is 2. The summed E-state index contributed by atoms with van der Waals surface area (Å²) >= 11 is 0. The number of nitrogens with two attached hydrogens (primary N) is 1. The molecular formula is C15H20N2. The number of aromatic nitrogens is 1. The Balaban J connectivity index is 2.25. The zero-order chi connectivity index (χ0) is 12.4. The lowest BCUT2D eigenvalue weighted by Gasteiger charge is -2.10. The molecule has 2 N–H and O–H groups in total. The maximum absolute atomic E-state index is 5.87. The fourth-order valence-corrected chi connectivity index (χ4v) is 2.11. The van der Waals surface area contributed by atoms with Crippen molar-refractivity contribution < 1.29 is 0 Å². The molecule has 1 atom stereocenters. The Labute approximate surface area is 103 Å². The lowest BCUT2D eigenvalue weighted by atomic mass is 10.0. The third kappa shape index (κ3) is 2.59. The Kier molecular flexibility index (Phi) is 3.34. The predicted molar refractivity (Wildman–Crippen MR) is 72.1 cm³/mol.